The first-order chi connectivity index (χ1) is 7.20. The van der Waals surface area contributed by atoms with Gasteiger partial charge < -0.3 is 10.2 Å². The van der Waals surface area contributed by atoms with Gasteiger partial charge in [-0.2, -0.15) is 0 Å². The van der Waals surface area contributed by atoms with Crippen molar-refractivity contribution in [2.45, 2.75) is 51.6 Å². The smallest absolute Gasteiger partial charge is 0.283 e. The fraction of sp³-hybridized carbons (Fsp3) is 0.909. The summed E-state index contributed by atoms with van der Waals surface area (Å²) in [6.45, 7) is 6.02. The molecule has 0 aliphatic heterocycles. The highest BCUT2D eigenvalue weighted by molar-refractivity contribution is 14.1. The molecule has 15 heavy (non-hydrogen) atoms. The molecule has 1 saturated carbocycles. The zero-order chi connectivity index (χ0) is 11.3. The summed E-state index contributed by atoms with van der Waals surface area (Å²) >= 11 is 1.90. The summed E-state index contributed by atoms with van der Waals surface area (Å²) in [6.07, 6.45) is 4.91. The molecule has 1 amide bonds. The van der Waals surface area contributed by atoms with E-state index in [1.165, 1.54) is 19.3 Å². The fourth-order valence-corrected chi connectivity index (χ4v) is 3.17. The lowest BCUT2D eigenvalue weighted by Crippen LogP contribution is -2.52. The Balaban J connectivity index is 2.64. The van der Waals surface area contributed by atoms with Crippen LogP contribution in [0.2, 0.25) is 0 Å². The number of carbonyl (C=O) groups is 1. The van der Waals surface area contributed by atoms with Crippen LogP contribution in [-0.2, 0) is 0 Å². The molecule has 0 aromatic heterocycles. The number of hydrogen-bond acceptors (Lipinski definition) is 2. The number of likely N-dealkylation sites (N-methyl/N-ethyl adjacent to an activating group) is 2. The molecule has 0 radical (unpaired) electrons. The molecule has 0 bridgehead atoms. The van der Waals surface area contributed by atoms with E-state index in [1.54, 1.807) is 0 Å². The van der Waals surface area contributed by atoms with Crippen molar-refractivity contribution in [3.05, 3.63) is 0 Å². The Bertz CT molecular complexity index is 209. The highest BCUT2D eigenvalue weighted by Crippen LogP contribution is 2.24. The topological polar surface area (TPSA) is 32.3 Å². The zero-order valence-corrected chi connectivity index (χ0v) is 11.8. The SMILES string of the molecule is CCN[C@H]1CCCCC1N(CC)C(=O)I. The lowest BCUT2D eigenvalue weighted by atomic mass is 9.89. The Morgan fingerprint density at radius 1 is 1.40 bits per heavy atom. The minimum Gasteiger partial charge on any atom is -0.330 e. The molecule has 0 aromatic rings. The van der Waals surface area contributed by atoms with Crippen LogP contribution >= 0.6 is 22.6 Å². The van der Waals surface area contributed by atoms with Crippen molar-refractivity contribution < 1.29 is 4.79 Å². The minimum absolute atomic E-state index is 0.185. The molecule has 1 aliphatic carbocycles. The predicted molar refractivity (Wildman–Crippen MR) is 71.5 cm³/mol. The Morgan fingerprint density at radius 3 is 2.60 bits per heavy atom. The molecule has 0 spiro atoms. The number of rotatable bonds is 4. The van der Waals surface area contributed by atoms with Gasteiger partial charge >= 0.3 is 0 Å². The van der Waals surface area contributed by atoms with E-state index >= 15 is 0 Å². The van der Waals surface area contributed by atoms with Crippen LogP contribution in [0, 0.1) is 0 Å². The van der Waals surface area contributed by atoms with Gasteiger partial charge in [-0.05, 0) is 26.3 Å². The summed E-state index contributed by atoms with van der Waals surface area (Å²) in [4.78, 5) is 13.5. The molecule has 3 nitrogen and oxygen atoms in total. The lowest BCUT2D eigenvalue weighted by Gasteiger charge is -2.39. The largest absolute Gasteiger partial charge is 0.330 e. The van der Waals surface area contributed by atoms with E-state index in [0.717, 1.165) is 19.5 Å². The summed E-state index contributed by atoms with van der Waals surface area (Å²) in [5, 5.41) is 3.51. The van der Waals surface area contributed by atoms with Crippen LogP contribution in [0.25, 0.3) is 0 Å². The molecule has 0 heterocycles. The van der Waals surface area contributed by atoms with Crippen LogP contribution in [0.3, 0.4) is 0 Å². The highest BCUT2D eigenvalue weighted by Gasteiger charge is 2.30. The van der Waals surface area contributed by atoms with Crippen molar-refractivity contribution in [1.29, 1.82) is 0 Å². The summed E-state index contributed by atoms with van der Waals surface area (Å²) in [7, 11) is 0. The molecule has 1 N–H and O–H groups in total. The van der Waals surface area contributed by atoms with Gasteiger partial charge in [0.25, 0.3) is 3.91 Å². The maximum atomic E-state index is 11.5. The van der Waals surface area contributed by atoms with Gasteiger partial charge in [0.2, 0.25) is 0 Å². The van der Waals surface area contributed by atoms with Crippen molar-refractivity contribution in [1.82, 2.24) is 10.2 Å². The van der Waals surface area contributed by atoms with Crippen molar-refractivity contribution in [3.8, 4) is 0 Å². The van der Waals surface area contributed by atoms with E-state index in [-0.39, 0.29) is 3.91 Å². The van der Waals surface area contributed by atoms with Crippen molar-refractivity contribution in [3.63, 3.8) is 0 Å². The number of amides is 1. The third-order valence-corrected chi connectivity index (χ3v) is 3.78. The molecule has 0 aromatic carbocycles. The van der Waals surface area contributed by atoms with Gasteiger partial charge in [-0.1, -0.05) is 19.8 Å². The Labute approximate surface area is 106 Å². The van der Waals surface area contributed by atoms with E-state index in [2.05, 4.69) is 19.2 Å². The molecule has 2 atom stereocenters. The average molecular weight is 324 g/mol. The minimum atomic E-state index is 0.185. The van der Waals surface area contributed by atoms with Crippen LogP contribution in [0.4, 0.5) is 4.79 Å². The molecule has 0 saturated heterocycles. The molecular formula is C11H21IN2O. The van der Waals surface area contributed by atoms with Crippen LogP contribution in [0.15, 0.2) is 0 Å². The first-order valence-corrected chi connectivity index (χ1v) is 6.98. The van der Waals surface area contributed by atoms with E-state index in [4.69, 9.17) is 0 Å². The number of nitrogens with one attached hydrogen (secondary N) is 1. The molecule has 1 unspecified atom stereocenters. The Hall–Kier alpha value is 0.160. The maximum Gasteiger partial charge on any atom is 0.283 e. The normalized spacial score (nSPS) is 26.3. The first-order valence-electron chi connectivity index (χ1n) is 5.90. The highest BCUT2D eigenvalue weighted by atomic mass is 127. The van der Waals surface area contributed by atoms with Gasteiger partial charge in [0.1, 0.15) is 0 Å². The van der Waals surface area contributed by atoms with Gasteiger partial charge in [-0.3, -0.25) is 4.79 Å². The van der Waals surface area contributed by atoms with Gasteiger partial charge in [0, 0.05) is 41.2 Å². The molecule has 1 rings (SSSR count). The molecular weight excluding hydrogens is 303 g/mol. The zero-order valence-electron chi connectivity index (χ0n) is 9.63. The van der Waals surface area contributed by atoms with E-state index in [1.807, 2.05) is 27.5 Å². The number of hydrogen-bond donors (Lipinski definition) is 1. The van der Waals surface area contributed by atoms with Crippen LogP contribution in [0.1, 0.15) is 39.5 Å². The van der Waals surface area contributed by atoms with E-state index < -0.39 is 0 Å². The third kappa shape index (κ3) is 3.59. The van der Waals surface area contributed by atoms with Crippen molar-refractivity contribution >= 4 is 26.5 Å². The fourth-order valence-electron chi connectivity index (χ4n) is 2.47. The predicted octanol–water partition coefficient (Wildman–Crippen LogP) is 2.78. The van der Waals surface area contributed by atoms with Gasteiger partial charge in [-0.15, -0.1) is 0 Å². The second kappa shape index (κ2) is 6.68. The van der Waals surface area contributed by atoms with Crippen molar-refractivity contribution in [2.75, 3.05) is 13.1 Å². The summed E-state index contributed by atoms with van der Waals surface area (Å²) in [5.41, 5.74) is 0. The third-order valence-electron chi connectivity index (χ3n) is 3.16. The van der Waals surface area contributed by atoms with E-state index in [0.29, 0.717) is 12.1 Å². The second-order valence-electron chi connectivity index (χ2n) is 4.05. The summed E-state index contributed by atoms with van der Waals surface area (Å²) < 4.78 is 0.185. The summed E-state index contributed by atoms with van der Waals surface area (Å²) in [5.74, 6) is 0. The van der Waals surface area contributed by atoms with Crippen LogP contribution in [-0.4, -0.2) is 34.0 Å². The standard InChI is InChI=1S/C11H21IN2O/c1-3-13-9-7-5-6-8-10(9)14(4-2)11(12)15/h9-10,13H,3-8H2,1-2H3/t9-,10?/m0/s1. The van der Waals surface area contributed by atoms with Crippen molar-refractivity contribution in [2.24, 2.45) is 0 Å². The monoisotopic (exact) mass is 324 g/mol. The second-order valence-corrected chi connectivity index (χ2v) is 4.98. The van der Waals surface area contributed by atoms with Gasteiger partial charge in [0.05, 0.1) is 0 Å². The molecule has 88 valence electrons. The Morgan fingerprint density at radius 2 is 2.07 bits per heavy atom. The van der Waals surface area contributed by atoms with Gasteiger partial charge in [0.15, 0.2) is 0 Å². The molecule has 1 fully saturated rings. The molecule has 4 heteroatoms. The van der Waals surface area contributed by atoms with Crippen LogP contribution < -0.4 is 5.32 Å². The average Bonchev–Trinajstić information content (AvgIpc) is 2.21. The number of nitrogens with zero attached hydrogens (tertiary/aromatic N) is 1. The quantitative estimate of drug-likeness (QED) is 0.490. The van der Waals surface area contributed by atoms with Gasteiger partial charge in [-0.25, -0.2) is 0 Å². The van der Waals surface area contributed by atoms with Crippen LogP contribution in [0.5, 0.6) is 0 Å². The molecule has 1 aliphatic rings. The summed E-state index contributed by atoms with van der Waals surface area (Å²) in [6, 6.07) is 0.913. The maximum absolute atomic E-state index is 11.5. The number of carbonyl (C=O) groups excluding carboxylic acids is 1. The first kappa shape index (κ1) is 13.2. The lowest BCUT2D eigenvalue weighted by molar-refractivity contribution is 0.158. The number of halogens is 1. The van der Waals surface area contributed by atoms with E-state index in [9.17, 15) is 4.79 Å². The Kier molecular flexibility index (Phi) is 5.89.